The molecule has 0 radical (unpaired) electrons. The minimum absolute atomic E-state index is 0. The number of rotatable bonds is 3. The van der Waals surface area contributed by atoms with Gasteiger partial charge >= 0.3 is 0 Å². The maximum Gasteiger partial charge on any atom is 0.259 e. The van der Waals surface area contributed by atoms with Gasteiger partial charge in [-0.3, -0.25) is 0 Å². The van der Waals surface area contributed by atoms with Crippen LogP contribution in [-0.2, 0) is 15.8 Å². The molecule has 8 heteroatoms. The van der Waals surface area contributed by atoms with E-state index in [1.165, 1.54) is 0 Å². The zero-order chi connectivity index (χ0) is 15.1. The zero-order valence-corrected chi connectivity index (χ0v) is 13.8. The Bertz CT molecular complexity index is 697. The van der Waals surface area contributed by atoms with Gasteiger partial charge in [-0.15, -0.1) is 16.8 Å². The lowest BCUT2D eigenvalue weighted by Crippen LogP contribution is -2.42. The minimum Gasteiger partial charge on any atom is -0.491 e. The van der Waals surface area contributed by atoms with E-state index < -0.39 is 10.0 Å². The lowest BCUT2D eigenvalue weighted by atomic mass is 10.0. The maximum atomic E-state index is 11.6. The van der Waals surface area contributed by atoms with Crippen LogP contribution in [0, 0.1) is 0 Å². The fourth-order valence-corrected chi connectivity index (χ4v) is 4.07. The highest BCUT2D eigenvalue weighted by Gasteiger charge is 2.31. The highest BCUT2D eigenvalue weighted by Crippen LogP contribution is 2.31. The summed E-state index contributed by atoms with van der Waals surface area (Å²) < 4.78 is 32.7. The highest BCUT2D eigenvalue weighted by molar-refractivity contribution is 7.89. The molecule has 0 aromatic heterocycles. The summed E-state index contributed by atoms with van der Waals surface area (Å²) in [6.45, 7) is 0.406. The highest BCUT2D eigenvalue weighted by atomic mass is 35.5. The lowest BCUT2D eigenvalue weighted by Gasteiger charge is -2.25. The molecule has 6 nitrogen and oxygen atoms in total. The molecule has 1 aromatic rings. The smallest absolute Gasteiger partial charge is 0.259 e. The number of ether oxygens (including phenoxy) is 1. The number of hydrogen-bond donors (Lipinski definition) is 2. The first kappa shape index (κ1) is 17.1. The molecule has 0 spiro atoms. The van der Waals surface area contributed by atoms with Crippen molar-refractivity contribution in [3.05, 3.63) is 29.3 Å². The van der Waals surface area contributed by atoms with E-state index in [0.717, 1.165) is 25.7 Å². The third-order valence-corrected chi connectivity index (χ3v) is 5.21. The first-order chi connectivity index (χ1) is 9.89. The van der Waals surface area contributed by atoms with Gasteiger partial charge in [0.1, 0.15) is 18.2 Å². The van der Waals surface area contributed by atoms with Crippen molar-refractivity contribution in [3.8, 4) is 5.75 Å². The van der Waals surface area contributed by atoms with Crippen LogP contribution in [0.1, 0.15) is 36.8 Å². The SMILES string of the molecule is Cl.NC1=NS(=O)(=O)Cc2cccc(OCC3(N)CCCC3)c21. The topological polar surface area (TPSA) is 108 Å². The van der Waals surface area contributed by atoms with Gasteiger partial charge in [0.25, 0.3) is 10.0 Å². The van der Waals surface area contributed by atoms with Crippen LogP contribution >= 0.6 is 12.4 Å². The average Bonchev–Trinajstić information content (AvgIpc) is 2.82. The zero-order valence-electron chi connectivity index (χ0n) is 12.1. The molecule has 1 heterocycles. The minimum atomic E-state index is -3.52. The van der Waals surface area contributed by atoms with Crippen molar-refractivity contribution in [1.29, 1.82) is 0 Å². The first-order valence-corrected chi connectivity index (χ1v) is 8.62. The summed E-state index contributed by atoms with van der Waals surface area (Å²) in [5.74, 6) is 0.401. The van der Waals surface area contributed by atoms with Crippen LogP contribution in [0.5, 0.6) is 5.75 Å². The van der Waals surface area contributed by atoms with Gasteiger partial charge in [-0.1, -0.05) is 25.0 Å². The molecule has 4 N–H and O–H groups in total. The van der Waals surface area contributed by atoms with Crippen molar-refractivity contribution in [2.75, 3.05) is 6.61 Å². The van der Waals surface area contributed by atoms with Crippen LogP contribution in [-0.4, -0.2) is 26.4 Å². The Morgan fingerprint density at radius 2 is 1.95 bits per heavy atom. The van der Waals surface area contributed by atoms with Gasteiger partial charge in [-0.2, -0.15) is 0 Å². The Morgan fingerprint density at radius 1 is 1.27 bits per heavy atom. The molecule has 1 aliphatic heterocycles. The number of hydrogen-bond acceptors (Lipinski definition) is 5. The quantitative estimate of drug-likeness (QED) is 0.858. The van der Waals surface area contributed by atoms with Crippen LogP contribution in [0.2, 0.25) is 0 Å². The van der Waals surface area contributed by atoms with Crippen LogP contribution < -0.4 is 16.2 Å². The van der Waals surface area contributed by atoms with Crippen molar-refractivity contribution in [2.45, 2.75) is 37.0 Å². The van der Waals surface area contributed by atoms with E-state index in [-0.39, 0.29) is 29.5 Å². The van der Waals surface area contributed by atoms with E-state index >= 15 is 0 Å². The number of nitrogens with two attached hydrogens (primary N) is 2. The van der Waals surface area contributed by atoms with E-state index in [4.69, 9.17) is 16.2 Å². The summed E-state index contributed by atoms with van der Waals surface area (Å²) in [5.41, 5.74) is 13.0. The van der Waals surface area contributed by atoms with Gasteiger partial charge in [-0.25, -0.2) is 8.42 Å². The molecule has 1 saturated carbocycles. The van der Waals surface area contributed by atoms with Gasteiger partial charge < -0.3 is 16.2 Å². The second-order valence-electron chi connectivity index (χ2n) is 5.85. The molecule has 1 aliphatic carbocycles. The Labute approximate surface area is 136 Å². The lowest BCUT2D eigenvalue weighted by molar-refractivity contribution is 0.220. The van der Waals surface area contributed by atoms with Crippen LogP contribution in [0.25, 0.3) is 0 Å². The second-order valence-corrected chi connectivity index (χ2v) is 7.49. The average molecular weight is 346 g/mol. The molecule has 0 saturated heterocycles. The van der Waals surface area contributed by atoms with Crippen molar-refractivity contribution in [2.24, 2.45) is 15.9 Å². The van der Waals surface area contributed by atoms with Crippen molar-refractivity contribution in [1.82, 2.24) is 0 Å². The predicted molar refractivity (Wildman–Crippen MR) is 87.9 cm³/mol. The van der Waals surface area contributed by atoms with Crippen LogP contribution in [0.3, 0.4) is 0 Å². The Kier molecular flexibility index (Phi) is 4.70. The number of nitrogens with zero attached hydrogens (tertiary/aromatic N) is 1. The van der Waals surface area contributed by atoms with E-state index in [2.05, 4.69) is 4.40 Å². The third kappa shape index (κ3) is 3.37. The molecule has 3 rings (SSSR count). The maximum absolute atomic E-state index is 11.6. The largest absolute Gasteiger partial charge is 0.491 e. The standard InChI is InChI=1S/C14H19N3O3S.ClH/c15-13-12-10(8-21(18,19)17-13)4-3-5-11(12)20-9-14(16)6-1-2-7-14;/h3-5H,1-2,6-9,16H2,(H2,15,17);1H. The van der Waals surface area contributed by atoms with Crippen molar-refractivity contribution >= 4 is 28.3 Å². The first-order valence-electron chi connectivity index (χ1n) is 7.01. The molecule has 1 fully saturated rings. The molecule has 122 valence electrons. The molecule has 1 aromatic carbocycles. The summed E-state index contributed by atoms with van der Waals surface area (Å²) in [6.07, 6.45) is 4.13. The van der Waals surface area contributed by atoms with Gasteiger partial charge in [0.05, 0.1) is 16.9 Å². The van der Waals surface area contributed by atoms with Crippen molar-refractivity contribution in [3.63, 3.8) is 0 Å². The van der Waals surface area contributed by atoms with Crippen molar-refractivity contribution < 1.29 is 13.2 Å². The molecule has 0 atom stereocenters. The summed E-state index contributed by atoms with van der Waals surface area (Å²) in [5, 5.41) is 0. The Morgan fingerprint density at radius 3 is 2.64 bits per heavy atom. The Hall–Kier alpha value is -1.31. The van der Waals surface area contributed by atoms with Gasteiger partial charge in [0.2, 0.25) is 0 Å². The van der Waals surface area contributed by atoms with Crippen LogP contribution in [0.15, 0.2) is 22.6 Å². The summed E-state index contributed by atoms with van der Waals surface area (Å²) in [7, 11) is -3.52. The van der Waals surface area contributed by atoms with Gasteiger partial charge in [0, 0.05) is 0 Å². The number of benzene rings is 1. The summed E-state index contributed by atoms with van der Waals surface area (Å²) in [4.78, 5) is 0. The fraction of sp³-hybridized carbons (Fsp3) is 0.500. The number of amidine groups is 1. The molecular formula is C14H20ClN3O3S. The van der Waals surface area contributed by atoms with Gasteiger partial charge in [0.15, 0.2) is 0 Å². The Balaban J connectivity index is 0.00000176. The number of halogens is 1. The molecule has 0 unspecified atom stereocenters. The number of fused-ring (bicyclic) bond motifs is 1. The number of sulfonamides is 1. The van der Waals surface area contributed by atoms with E-state index in [9.17, 15) is 8.42 Å². The summed E-state index contributed by atoms with van der Waals surface area (Å²) in [6, 6.07) is 5.27. The van der Waals surface area contributed by atoms with E-state index in [1.54, 1.807) is 18.2 Å². The molecule has 2 aliphatic rings. The summed E-state index contributed by atoms with van der Waals surface area (Å²) >= 11 is 0. The monoisotopic (exact) mass is 345 g/mol. The molecular weight excluding hydrogens is 326 g/mol. The molecule has 22 heavy (non-hydrogen) atoms. The van der Waals surface area contributed by atoms with Crippen LogP contribution in [0.4, 0.5) is 0 Å². The molecule has 0 amide bonds. The normalized spacial score (nSPS) is 21.4. The molecule has 0 bridgehead atoms. The second kappa shape index (κ2) is 6.06. The third-order valence-electron chi connectivity index (χ3n) is 4.06. The van der Waals surface area contributed by atoms with E-state index in [1.807, 2.05) is 0 Å². The fourth-order valence-electron chi connectivity index (χ4n) is 2.98. The van der Waals surface area contributed by atoms with E-state index in [0.29, 0.717) is 23.5 Å². The predicted octanol–water partition coefficient (Wildman–Crippen LogP) is 1.31. The van der Waals surface area contributed by atoms with Gasteiger partial charge in [-0.05, 0) is 24.5 Å².